The first-order valence-corrected chi connectivity index (χ1v) is 4.62. The molecule has 0 atom stereocenters. The minimum Gasteiger partial charge on any atom is -0.292 e. The van der Waals surface area contributed by atoms with E-state index in [1.165, 1.54) is 6.20 Å². The summed E-state index contributed by atoms with van der Waals surface area (Å²) in [7, 11) is 0. The van der Waals surface area contributed by atoms with Crippen LogP contribution in [-0.4, -0.2) is 10.8 Å². The van der Waals surface area contributed by atoms with Crippen molar-refractivity contribution in [2.75, 3.05) is 0 Å². The highest BCUT2D eigenvalue weighted by atomic mass is 35.5. The summed E-state index contributed by atoms with van der Waals surface area (Å²) in [5, 5.41) is 0.557. The number of Topliss-reactive ketones (excluding diaryl/α,β-unsaturated/α-hetero) is 1. The molecule has 2 nitrogen and oxygen atoms in total. The third-order valence-corrected chi connectivity index (χ3v) is 1.83. The minimum atomic E-state index is 0.0756. The Kier molecular flexibility index (Phi) is 3.43. The lowest BCUT2D eigenvalue weighted by Gasteiger charge is -2.02. The fourth-order valence-corrected chi connectivity index (χ4v) is 1.13. The molecule has 0 fully saturated rings. The number of rotatable bonds is 3. The summed E-state index contributed by atoms with van der Waals surface area (Å²) in [6.07, 6.45) is 2.03. The number of carbonyl (C=O) groups is 1. The zero-order valence-corrected chi connectivity index (χ0v) is 8.51. The maximum Gasteiger partial charge on any atom is 0.181 e. The van der Waals surface area contributed by atoms with Crippen LogP contribution in [0.5, 0.6) is 0 Å². The van der Waals surface area contributed by atoms with Gasteiger partial charge in [-0.05, 0) is 18.1 Å². The van der Waals surface area contributed by atoms with E-state index in [-0.39, 0.29) is 5.78 Å². The molecular formula is C10H12ClNO. The molecule has 13 heavy (non-hydrogen) atoms. The van der Waals surface area contributed by atoms with E-state index < -0.39 is 0 Å². The molecule has 0 bridgehead atoms. The molecule has 0 spiro atoms. The summed E-state index contributed by atoms with van der Waals surface area (Å²) in [5.74, 6) is 0.441. The fraction of sp³-hybridized carbons (Fsp3) is 0.400. The van der Waals surface area contributed by atoms with E-state index in [1.807, 2.05) is 13.8 Å². The molecule has 1 rings (SSSR count). The van der Waals surface area contributed by atoms with E-state index in [4.69, 9.17) is 11.6 Å². The van der Waals surface area contributed by atoms with Crippen LogP contribution in [-0.2, 0) is 0 Å². The number of ketones is 1. The molecule has 0 saturated carbocycles. The van der Waals surface area contributed by atoms with E-state index in [2.05, 4.69) is 4.98 Å². The molecule has 1 heterocycles. The molecule has 1 aromatic rings. The van der Waals surface area contributed by atoms with Crippen LogP contribution < -0.4 is 0 Å². The molecule has 0 aliphatic carbocycles. The highest BCUT2D eigenvalue weighted by Crippen LogP contribution is 2.10. The van der Waals surface area contributed by atoms with Gasteiger partial charge in [-0.1, -0.05) is 25.4 Å². The van der Waals surface area contributed by atoms with Crippen LogP contribution in [0.4, 0.5) is 0 Å². The summed E-state index contributed by atoms with van der Waals surface area (Å²) in [6, 6.07) is 3.34. The van der Waals surface area contributed by atoms with Crippen molar-refractivity contribution >= 4 is 17.4 Å². The minimum absolute atomic E-state index is 0.0756. The smallest absolute Gasteiger partial charge is 0.181 e. The summed E-state index contributed by atoms with van der Waals surface area (Å²) < 4.78 is 0. The topological polar surface area (TPSA) is 30.0 Å². The highest BCUT2D eigenvalue weighted by molar-refractivity contribution is 6.30. The van der Waals surface area contributed by atoms with Crippen molar-refractivity contribution in [1.82, 2.24) is 4.98 Å². The Morgan fingerprint density at radius 1 is 1.54 bits per heavy atom. The fourth-order valence-electron chi connectivity index (χ4n) is 1.02. The van der Waals surface area contributed by atoms with Crippen molar-refractivity contribution in [2.24, 2.45) is 5.92 Å². The number of carbonyl (C=O) groups excluding carboxylic acids is 1. The van der Waals surface area contributed by atoms with Crippen LogP contribution >= 0.6 is 11.6 Å². The van der Waals surface area contributed by atoms with Crippen molar-refractivity contribution in [1.29, 1.82) is 0 Å². The van der Waals surface area contributed by atoms with E-state index in [1.54, 1.807) is 12.1 Å². The number of hydrogen-bond acceptors (Lipinski definition) is 2. The molecule has 0 radical (unpaired) electrons. The van der Waals surface area contributed by atoms with E-state index in [0.717, 1.165) is 0 Å². The Hall–Kier alpha value is -0.890. The molecule has 0 aliphatic rings. The number of hydrogen-bond donors (Lipinski definition) is 0. The van der Waals surface area contributed by atoms with E-state index in [9.17, 15) is 4.79 Å². The van der Waals surface area contributed by atoms with Gasteiger partial charge in [0, 0.05) is 12.6 Å². The first kappa shape index (κ1) is 10.2. The summed E-state index contributed by atoms with van der Waals surface area (Å²) in [4.78, 5) is 15.4. The first-order chi connectivity index (χ1) is 6.09. The monoisotopic (exact) mass is 197 g/mol. The van der Waals surface area contributed by atoms with Gasteiger partial charge in [-0.25, -0.2) is 0 Å². The van der Waals surface area contributed by atoms with Crippen LogP contribution in [0.25, 0.3) is 0 Å². The predicted octanol–water partition coefficient (Wildman–Crippen LogP) is 2.96. The molecule has 0 aromatic carbocycles. The second kappa shape index (κ2) is 4.38. The average molecular weight is 198 g/mol. The quantitative estimate of drug-likeness (QED) is 0.698. The maximum absolute atomic E-state index is 11.5. The van der Waals surface area contributed by atoms with Gasteiger partial charge in [-0.2, -0.15) is 0 Å². The lowest BCUT2D eigenvalue weighted by atomic mass is 10.1. The SMILES string of the molecule is CC(C)CC(=O)c1ccc(Cl)cn1. The molecule has 1 aromatic heterocycles. The van der Waals surface area contributed by atoms with Crippen molar-refractivity contribution in [3.8, 4) is 0 Å². The van der Waals surface area contributed by atoms with Crippen molar-refractivity contribution < 1.29 is 4.79 Å². The molecule has 0 amide bonds. The molecule has 0 aliphatic heterocycles. The molecule has 0 unspecified atom stereocenters. The van der Waals surface area contributed by atoms with Crippen LogP contribution in [0.1, 0.15) is 30.8 Å². The normalized spacial score (nSPS) is 10.5. The lowest BCUT2D eigenvalue weighted by molar-refractivity contribution is 0.0963. The molecule has 70 valence electrons. The van der Waals surface area contributed by atoms with E-state index >= 15 is 0 Å². The second-order valence-corrected chi connectivity index (χ2v) is 3.82. The zero-order chi connectivity index (χ0) is 9.84. The maximum atomic E-state index is 11.5. The molecule has 0 saturated heterocycles. The summed E-state index contributed by atoms with van der Waals surface area (Å²) >= 11 is 5.65. The van der Waals surface area contributed by atoms with Gasteiger partial charge >= 0.3 is 0 Å². The second-order valence-electron chi connectivity index (χ2n) is 3.38. The van der Waals surface area contributed by atoms with Crippen LogP contribution in [0.15, 0.2) is 18.3 Å². The van der Waals surface area contributed by atoms with Gasteiger partial charge in [-0.3, -0.25) is 9.78 Å². The van der Waals surface area contributed by atoms with Gasteiger partial charge in [-0.15, -0.1) is 0 Å². The zero-order valence-electron chi connectivity index (χ0n) is 7.75. The largest absolute Gasteiger partial charge is 0.292 e. The number of nitrogens with zero attached hydrogens (tertiary/aromatic N) is 1. The molecule has 3 heteroatoms. The predicted molar refractivity (Wildman–Crippen MR) is 53.0 cm³/mol. The van der Waals surface area contributed by atoms with Crippen molar-refractivity contribution in [3.05, 3.63) is 29.0 Å². The Balaban J connectivity index is 2.72. The summed E-state index contributed by atoms with van der Waals surface area (Å²) in [6.45, 7) is 4.02. The van der Waals surface area contributed by atoms with Gasteiger partial charge in [0.1, 0.15) is 5.69 Å². The van der Waals surface area contributed by atoms with Crippen LogP contribution in [0.3, 0.4) is 0 Å². The standard InChI is InChI=1S/C10H12ClNO/c1-7(2)5-10(13)9-4-3-8(11)6-12-9/h3-4,6-7H,5H2,1-2H3. The Morgan fingerprint density at radius 2 is 2.23 bits per heavy atom. The first-order valence-electron chi connectivity index (χ1n) is 4.24. The van der Waals surface area contributed by atoms with Gasteiger partial charge in [0.05, 0.1) is 5.02 Å². The number of halogens is 1. The van der Waals surface area contributed by atoms with Gasteiger partial charge in [0.25, 0.3) is 0 Å². The number of pyridine rings is 1. The van der Waals surface area contributed by atoms with Crippen LogP contribution in [0.2, 0.25) is 5.02 Å². The third kappa shape index (κ3) is 3.15. The Morgan fingerprint density at radius 3 is 2.69 bits per heavy atom. The van der Waals surface area contributed by atoms with Gasteiger partial charge in [0.15, 0.2) is 5.78 Å². The van der Waals surface area contributed by atoms with E-state index in [0.29, 0.717) is 23.1 Å². The van der Waals surface area contributed by atoms with Gasteiger partial charge in [0.2, 0.25) is 0 Å². The van der Waals surface area contributed by atoms with Gasteiger partial charge < -0.3 is 0 Å². The van der Waals surface area contributed by atoms with Crippen LogP contribution in [0, 0.1) is 5.92 Å². The molecule has 0 N–H and O–H groups in total. The summed E-state index contributed by atoms with van der Waals surface area (Å²) in [5.41, 5.74) is 0.498. The third-order valence-electron chi connectivity index (χ3n) is 1.61. The lowest BCUT2D eigenvalue weighted by Crippen LogP contribution is -2.05. The Bertz CT molecular complexity index is 292. The molecular weight excluding hydrogens is 186 g/mol. The highest BCUT2D eigenvalue weighted by Gasteiger charge is 2.08. The van der Waals surface area contributed by atoms with Crippen molar-refractivity contribution in [3.63, 3.8) is 0 Å². The number of aromatic nitrogens is 1. The Labute approximate surface area is 82.9 Å². The average Bonchev–Trinajstić information content (AvgIpc) is 2.04. The van der Waals surface area contributed by atoms with Crippen molar-refractivity contribution in [2.45, 2.75) is 20.3 Å².